The van der Waals surface area contributed by atoms with Crippen LogP contribution in [0.25, 0.3) is 0 Å². The first kappa shape index (κ1) is 16.5. The van der Waals surface area contributed by atoms with Crippen molar-refractivity contribution >= 4 is 6.03 Å². The molecule has 2 unspecified atom stereocenters. The summed E-state index contributed by atoms with van der Waals surface area (Å²) in [5.41, 5.74) is 0.999. The van der Waals surface area contributed by atoms with Gasteiger partial charge < -0.3 is 23.9 Å². The second-order valence-corrected chi connectivity index (χ2v) is 6.15. The third-order valence-electron chi connectivity index (χ3n) is 4.27. The average Bonchev–Trinajstić information content (AvgIpc) is 3.12. The highest BCUT2D eigenvalue weighted by molar-refractivity contribution is 5.75. The van der Waals surface area contributed by atoms with Crippen molar-refractivity contribution in [1.82, 2.24) is 25.0 Å². The largest absolute Gasteiger partial charge is 0.466 e. The molecular weight excluding hydrogens is 310 g/mol. The van der Waals surface area contributed by atoms with Crippen molar-refractivity contribution < 1.29 is 13.9 Å². The minimum atomic E-state index is -0.259. The van der Waals surface area contributed by atoms with Crippen molar-refractivity contribution in [2.45, 2.75) is 32.9 Å². The maximum absolute atomic E-state index is 12.6. The molecule has 3 rings (SSSR count). The number of carbonyl (C=O) groups is 1. The second-order valence-electron chi connectivity index (χ2n) is 6.15. The first-order valence-corrected chi connectivity index (χ1v) is 8.03. The summed E-state index contributed by atoms with van der Waals surface area (Å²) in [7, 11) is 1.86. The molecule has 1 fully saturated rings. The lowest BCUT2D eigenvalue weighted by Crippen LogP contribution is -2.48. The van der Waals surface area contributed by atoms with E-state index in [0.29, 0.717) is 19.7 Å². The molecule has 0 aromatic carbocycles. The molecule has 2 atom stereocenters. The number of nitrogens with one attached hydrogen (secondary N) is 1. The van der Waals surface area contributed by atoms with E-state index >= 15 is 0 Å². The van der Waals surface area contributed by atoms with Gasteiger partial charge in [-0.05, 0) is 26.8 Å². The van der Waals surface area contributed by atoms with Crippen LogP contribution >= 0.6 is 0 Å². The van der Waals surface area contributed by atoms with Gasteiger partial charge in [-0.15, -0.1) is 10.2 Å². The molecule has 3 heterocycles. The summed E-state index contributed by atoms with van der Waals surface area (Å²) in [6, 6.07) is 1.73. The Bertz CT molecular complexity index is 723. The minimum Gasteiger partial charge on any atom is -0.466 e. The molecule has 0 radical (unpaired) electrons. The van der Waals surface area contributed by atoms with E-state index in [1.807, 2.05) is 38.5 Å². The molecule has 2 aromatic heterocycles. The highest BCUT2D eigenvalue weighted by atomic mass is 16.5. The SMILES string of the molecule is Cc1cc(C(C)NC(=O)N2CCOC(c3nncn3C)C2)c(C)o1. The van der Waals surface area contributed by atoms with Gasteiger partial charge in [-0.25, -0.2) is 4.79 Å². The lowest BCUT2D eigenvalue weighted by atomic mass is 10.1. The molecule has 1 aliphatic rings. The van der Waals surface area contributed by atoms with Crippen LogP contribution in [0.4, 0.5) is 4.79 Å². The molecule has 8 nitrogen and oxygen atoms in total. The van der Waals surface area contributed by atoms with E-state index in [4.69, 9.17) is 9.15 Å². The zero-order valence-corrected chi connectivity index (χ0v) is 14.4. The monoisotopic (exact) mass is 333 g/mol. The first-order chi connectivity index (χ1) is 11.5. The molecule has 2 aromatic rings. The van der Waals surface area contributed by atoms with Crippen LogP contribution in [0, 0.1) is 13.8 Å². The van der Waals surface area contributed by atoms with Gasteiger partial charge in [0.1, 0.15) is 24.0 Å². The Morgan fingerprint density at radius 3 is 2.88 bits per heavy atom. The molecule has 0 aliphatic carbocycles. The maximum Gasteiger partial charge on any atom is 0.318 e. The van der Waals surface area contributed by atoms with Gasteiger partial charge in [-0.2, -0.15) is 0 Å². The van der Waals surface area contributed by atoms with Gasteiger partial charge in [0.2, 0.25) is 0 Å². The van der Waals surface area contributed by atoms with Crippen molar-refractivity contribution in [3.63, 3.8) is 0 Å². The number of hydrogen-bond acceptors (Lipinski definition) is 5. The van der Waals surface area contributed by atoms with Crippen LogP contribution in [0.2, 0.25) is 0 Å². The summed E-state index contributed by atoms with van der Waals surface area (Å²) in [5.74, 6) is 2.40. The van der Waals surface area contributed by atoms with E-state index < -0.39 is 0 Å². The number of urea groups is 1. The average molecular weight is 333 g/mol. The molecule has 2 amide bonds. The van der Waals surface area contributed by atoms with Gasteiger partial charge in [-0.1, -0.05) is 0 Å². The Morgan fingerprint density at radius 2 is 2.25 bits per heavy atom. The van der Waals surface area contributed by atoms with Crippen LogP contribution in [-0.2, 0) is 11.8 Å². The Labute approximate surface area is 140 Å². The molecule has 1 saturated heterocycles. The standard InChI is InChI=1S/C16H23N5O3/c1-10-7-13(12(3)24-10)11(2)18-16(22)21-5-6-23-14(8-21)15-19-17-9-20(15)4/h7,9,11,14H,5-6,8H2,1-4H3,(H,18,22). The zero-order chi connectivity index (χ0) is 17.3. The van der Waals surface area contributed by atoms with Gasteiger partial charge in [0.15, 0.2) is 5.82 Å². The second kappa shape index (κ2) is 6.64. The van der Waals surface area contributed by atoms with E-state index in [9.17, 15) is 4.79 Å². The normalized spacial score (nSPS) is 19.3. The number of aryl methyl sites for hydroxylation is 3. The Balaban J connectivity index is 1.64. The molecule has 8 heteroatoms. The summed E-state index contributed by atoms with van der Waals surface area (Å²) in [4.78, 5) is 14.3. The van der Waals surface area contributed by atoms with E-state index in [0.717, 1.165) is 22.9 Å². The summed E-state index contributed by atoms with van der Waals surface area (Å²) in [6.45, 7) is 7.24. The summed E-state index contributed by atoms with van der Waals surface area (Å²) < 4.78 is 13.1. The van der Waals surface area contributed by atoms with Gasteiger partial charge in [-0.3, -0.25) is 0 Å². The zero-order valence-electron chi connectivity index (χ0n) is 14.4. The molecule has 24 heavy (non-hydrogen) atoms. The van der Waals surface area contributed by atoms with Gasteiger partial charge in [0, 0.05) is 19.2 Å². The lowest BCUT2D eigenvalue weighted by Gasteiger charge is -2.33. The fourth-order valence-corrected chi connectivity index (χ4v) is 3.01. The van der Waals surface area contributed by atoms with Crippen LogP contribution < -0.4 is 5.32 Å². The van der Waals surface area contributed by atoms with E-state index in [-0.39, 0.29) is 18.2 Å². The number of nitrogens with zero attached hydrogens (tertiary/aromatic N) is 4. The topological polar surface area (TPSA) is 85.4 Å². The van der Waals surface area contributed by atoms with Gasteiger partial charge in [0.25, 0.3) is 0 Å². The quantitative estimate of drug-likeness (QED) is 0.927. The van der Waals surface area contributed by atoms with Crippen molar-refractivity contribution in [1.29, 1.82) is 0 Å². The predicted octanol–water partition coefficient (Wildman–Crippen LogP) is 1.87. The van der Waals surface area contributed by atoms with Crippen LogP contribution in [-0.4, -0.2) is 45.4 Å². The van der Waals surface area contributed by atoms with E-state index in [2.05, 4.69) is 15.5 Å². The number of aromatic nitrogens is 3. The first-order valence-electron chi connectivity index (χ1n) is 8.03. The fraction of sp³-hybridized carbons (Fsp3) is 0.562. The summed E-state index contributed by atoms with van der Waals surface area (Å²) >= 11 is 0. The van der Waals surface area contributed by atoms with Crippen molar-refractivity contribution in [2.75, 3.05) is 19.7 Å². The third kappa shape index (κ3) is 3.28. The number of morpholine rings is 1. The fourth-order valence-electron chi connectivity index (χ4n) is 3.01. The Hall–Kier alpha value is -2.35. The van der Waals surface area contributed by atoms with Gasteiger partial charge in [0.05, 0.1) is 19.2 Å². The molecule has 1 aliphatic heterocycles. The minimum absolute atomic E-state index is 0.115. The Kier molecular flexibility index (Phi) is 4.57. The van der Waals surface area contributed by atoms with Crippen LogP contribution in [0.5, 0.6) is 0 Å². The number of rotatable bonds is 3. The van der Waals surface area contributed by atoms with Crippen LogP contribution in [0.15, 0.2) is 16.8 Å². The van der Waals surface area contributed by atoms with Crippen molar-refractivity contribution in [3.8, 4) is 0 Å². The number of hydrogen-bond donors (Lipinski definition) is 1. The predicted molar refractivity (Wildman–Crippen MR) is 86.4 cm³/mol. The Morgan fingerprint density at radius 1 is 1.46 bits per heavy atom. The van der Waals surface area contributed by atoms with Crippen molar-refractivity contribution in [2.24, 2.45) is 7.05 Å². The highest BCUT2D eigenvalue weighted by Crippen LogP contribution is 2.23. The maximum atomic E-state index is 12.6. The summed E-state index contributed by atoms with van der Waals surface area (Å²) in [6.07, 6.45) is 1.37. The summed E-state index contributed by atoms with van der Waals surface area (Å²) in [5, 5.41) is 11.0. The molecule has 0 bridgehead atoms. The highest BCUT2D eigenvalue weighted by Gasteiger charge is 2.29. The molecule has 1 N–H and O–H groups in total. The van der Waals surface area contributed by atoms with E-state index in [1.54, 1.807) is 11.2 Å². The number of ether oxygens (including phenoxy) is 1. The van der Waals surface area contributed by atoms with Crippen LogP contribution in [0.3, 0.4) is 0 Å². The lowest BCUT2D eigenvalue weighted by molar-refractivity contribution is -0.0217. The molecule has 0 saturated carbocycles. The molecule has 130 valence electrons. The number of furan rings is 1. The van der Waals surface area contributed by atoms with E-state index in [1.165, 1.54) is 0 Å². The number of amides is 2. The van der Waals surface area contributed by atoms with Crippen LogP contribution in [0.1, 0.15) is 42.0 Å². The number of carbonyl (C=O) groups excluding carboxylic acids is 1. The van der Waals surface area contributed by atoms with Crippen molar-refractivity contribution in [3.05, 3.63) is 35.3 Å². The third-order valence-corrected chi connectivity index (χ3v) is 4.27. The molecular formula is C16H23N5O3. The van der Waals surface area contributed by atoms with Gasteiger partial charge >= 0.3 is 6.03 Å². The molecule has 0 spiro atoms. The smallest absolute Gasteiger partial charge is 0.318 e.